The Kier molecular flexibility index (Phi) is 13.2. The highest BCUT2D eigenvalue weighted by Crippen LogP contribution is 2.13. The van der Waals surface area contributed by atoms with E-state index in [1.165, 1.54) is 11.3 Å². The van der Waals surface area contributed by atoms with Gasteiger partial charge in [-0.2, -0.15) is 0 Å². The summed E-state index contributed by atoms with van der Waals surface area (Å²) in [6.45, 7) is 5.37. The van der Waals surface area contributed by atoms with E-state index >= 15 is 0 Å². The maximum absolute atomic E-state index is 11.7. The van der Waals surface area contributed by atoms with Gasteiger partial charge in [0.05, 0.1) is 27.2 Å². The van der Waals surface area contributed by atoms with Crippen molar-refractivity contribution in [2.45, 2.75) is 38.6 Å². The molecule has 7 nitrogen and oxygen atoms in total. The minimum Gasteiger partial charge on any atom is -0.481 e. The van der Waals surface area contributed by atoms with E-state index in [0.29, 0.717) is 18.8 Å². The molecule has 0 saturated heterocycles. The number of rotatable bonds is 17. The third kappa shape index (κ3) is 13.2. The molecule has 0 fully saturated rings. The van der Waals surface area contributed by atoms with Gasteiger partial charge in [-0.1, -0.05) is 12.1 Å². The summed E-state index contributed by atoms with van der Waals surface area (Å²) in [6.07, 6.45) is 2.72. The van der Waals surface area contributed by atoms with E-state index < -0.39 is 5.97 Å². The van der Waals surface area contributed by atoms with E-state index in [4.69, 9.17) is 16.7 Å². The van der Waals surface area contributed by atoms with Crippen LogP contribution in [-0.2, 0) is 16.1 Å². The number of halogens is 1. The lowest BCUT2D eigenvalue weighted by Gasteiger charge is -2.30. The van der Waals surface area contributed by atoms with Gasteiger partial charge >= 0.3 is 5.97 Å². The number of carbonyl (C=O) groups is 2. The smallest absolute Gasteiger partial charge is 0.303 e. The monoisotopic (exact) mass is 455 g/mol. The Morgan fingerprint density at radius 3 is 2.29 bits per heavy atom. The number of alkyl halides is 1. The highest BCUT2D eigenvalue weighted by Gasteiger charge is 2.14. The minimum atomic E-state index is -0.856. The van der Waals surface area contributed by atoms with Gasteiger partial charge in [0, 0.05) is 70.5 Å². The Morgan fingerprint density at radius 1 is 1.03 bits per heavy atom. The van der Waals surface area contributed by atoms with Crippen molar-refractivity contribution >= 4 is 29.2 Å². The van der Waals surface area contributed by atoms with Crippen LogP contribution in [0.3, 0.4) is 0 Å². The van der Waals surface area contributed by atoms with E-state index in [2.05, 4.69) is 53.9 Å². The first-order chi connectivity index (χ1) is 14.7. The third-order valence-electron chi connectivity index (χ3n) is 5.30. The third-order valence-corrected chi connectivity index (χ3v) is 5.47. The molecule has 31 heavy (non-hydrogen) atoms. The van der Waals surface area contributed by atoms with E-state index in [1.54, 1.807) is 0 Å². The van der Waals surface area contributed by atoms with Crippen LogP contribution in [0.15, 0.2) is 24.3 Å². The summed E-state index contributed by atoms with van der Waals surface area (Å²) in [5.74, 6) is -0.294. The first-order valence-corrected chi connectivity index (χ1v) is 11.6. The zero-order valence-electron chi connectivity index (χ0n) is 19.3. The van der Waals surface area contributed by atoms with Crippen molar-refractivity contribution in [1.29, 1.82) is 0 Å². The molecule has 8 heteroatoms. The van der Waals surface area contributed by atoms with Gasteiger partial charge in [0.1, 0.15) is 0 Å². The summed E-state index contributed by atoms with van der Waals surface area (Å²) in [4.78, 5) is 24.3. The summed E-state index contributed by atoms with van der Waals surface area (Å²) in [5.41, 5.74) is 2.45. The van der Waals surface area contributed by atoms with Crippen LogP contribution in [0.25, 0.3) is 0 Å². The normalized spacial score (nSPS) is 11.4. The number of quaternary nitrogens is 1. The molecule has 1 aromatic carbocycles. The molecule has 0 saturated carbocycles. The van der Waals surface area contributed by atoms with Gasteiger partial charge in [-0.15, -0.1) is 11.6 Å². The fourth-order valence-corrected chi connectivity index (χ4v) is 3.58. The lowest BCUT2D eigenvalue weighted by atomic mass is 10.2. The molecule has 0 bridgehead atoms. The number of carboxylic acid groups (broad SMARTS) is 1. The highest BCUT2D eigenvalue weighted by molar-refractivity contribution is 6.18. The van der Waals surface area contributed by atoms with Gasteiger partial charge in [0.15, 0.2) is 0 Å². The molecule has 0 atom stereocenters. The van der Waals surface area contributed by atoms with Crippen LogP contribution in [0.2, 0.25) is 0 Å². The molecule has 1 aromatic rings. The van der Waals surface area contributed by atoms with Gasteiger partial charge in [0.25, 0.3) is 0 Å². The maximum Gasteiger partial charge on any atom is 0.303 e. The fourth-order valence-electron chi connectivity index (χ4n) is 3.32. The molecule has 3 N–H and O–H groups in total. The molecule has 1 amide bonds. The van der Waals surface area contributed by atoms with E-state index in [0.717, 1.165) is 50.0 Å². The van der Waals surface area contributed by atoms with E-state index in [-0.39, 0.29) is 18.7 Å². The van der Waals surface area contributed by atoms with Crippen molar-refractivity contribution in [3.05, 3.63) is 29.8 Å². The van der Waals surface area contributed by atoms with Gasteiger partial charge in [0.2, 0.25) is 5.91 Å². The van der Waals surface area contributed by atoms with E-state index in [1.807, 2.05) is 7.05 Å². The maximum atomic E-state index is 11.7. The number of carbonyl (C=O) groups excluding carboxylic acids is 1. The summed E-state index contributed by atoms with van der Waals surface area (Å²) in [6, 6.07) is 8.58. The van der Waals surface area contributed by atoms with Crippen LogP contribution >= 0.6 is 11.6 Å². The molecular weight excluding hydrogens is 416 g/mol. The summed E-state index contributed by atoms with van der Waals surface area (Å²) in [7, 11) is 6.47. The Balaban J connectivity index is 2.12. The van der Waals surface area contributed by atoms with Crippen LogP contribution in [0.1, 0.15) is 37.7 Å². The second-order valence-electron chi connectivity index (χ2n) is 8.64. The molecule has 1 rings (SSSR count). The standard InChI is InChI=1S/C23H39ClN4O3/c1-27(16-13-24)21-11-9-20(10-12-21)19-25-14-5-17-28(2,3)18-6-15-26-22(29)7-4-8-23(30)31/h9-12,25H,4-8,13-19H2,1-3H3,(H-,26,29,30,31)/p+1. The van der Waals surface area contributed by atoms with Crippen molar-refractivity contribution in [3.63, 3.8) is 0 Å². The molecular formula is C23H40ClN4O3+. The number of hydrogen-bond donors (Lipinski definition) is 3. The molecule has 0 aromatic heterocycles. The molecule has 0 unspecified atom stereocenters. The lowest BCUT2D eigenvalue weighted by molar-refractivity contribution is -0.890. The van der Waals surface area contributed by atoms with Crippen molar-refractivity contribution in [2.75, 3.05) is 64.6 Å². The van der Waals surface area contributed by atoms with Gasteiger partial charge < -0.3 is 25.1 Å². The van der Waals surface area contributed by atoms with E-state index in [9.17, 15) is 9.59 Å². The number of carboxylic acids is 1. The lowest BCUT2D eigenvalue weighted by Crippen LogP contribution is -2.43. The fraction of sp³-hybridized carbons (Fsp3) is 0.652. The Morgan fingerprint density at radius 2 is 1.68 bits per heavy atom. The predicted molar refractivity (Wildman–Crippen MR) is 128 cm³/mol. The number of nitrogens with one attached hydrogen (secondary N) is 2. The highest BCUT2D eigenvalue weighted by atomic mass is 35.5. The number of nitrogens with zero attached hydrogens (tertiary/aromatic N) is 2. The molecule has 0 aliphatic carbocycles. The first-order valence-electron chi connectivity index (χ1n) is 11.1. The summed E-state index contributed by atoms with van der Waals surface area (Å²) in [5, 5.41) is 15.0. The second-order valence-corrected chi connectivity index (χ2v) is 9.02. The zero-order valence-corrected chi connectivity index (χ0v) is 20.1. The molecule has 176 valence electrons. The SMILES string of the molecule is CN(CCCl)c1ccc(CNCCC[N+](C)(C)CCCNC(=O)CCCC(=O)O)cc1. The van der Waals surface area contributed by atoms with Gasteiger partial charge in [-0.25, -0.2) is 0 Å². The minimum absolute atomic E-state index is 0.0442. The molecule has 0 radical (unpaired) electrons. The quantitative estimate of drug-likeness (QED) is 0.191. The van der Waals surface area contributed by atoms with Crippen molar-refractivity contribution in [3.8, 4) is 0 Å². The largest absolute Gasteiger partial charge is 0.481 e. The molecule has 0 spiro atoms. The Hall–Kier alpha value is -1.83. The zero-order chi connectivity index (χ0) is 23.1. The van der Waals surface area contributed by atoms with Crippen LogP contribution in [0.4, 0.5) is 5.69 Å². The molecule has 0 heterocycles. The van der Waals surface area contributed by atoms with Crippen LogP contribution < -0.4 is 15.5 Å². The van der Waals surface area contributed by atoms with Crippen molar-refractivity contribution in [2.24, 2.45) is 0 Å². The van der Waals surface area contributed by atoms with Crippen LogP contribution in [0, 0.1) is 0 Å². The number of amides is 1. The van der Waals surface area contributed by atoms with Crippen molar-refractivity contribution < 1.29 is 19.2 Å². The number of benzene rings is 1. The summed E-state index contributed by atoms with van der Waals surface area (Å²) < 4.78 is 0.915. The molecule has 0 aliphatic heterocycles. The first kappa shape index (κ1) is 27.2. The second kappa shape index (κ2) is 15.1. The van der Waals surface area contributed by atoms with Gasteiger partial charge in [-0.3, -0.25) is 9.59 Å². The van der Waals surface area contributed by atoms with Crippen LogP contribution in [0.5, 0.6) is 0 Å². The van der Waals surface area contributed by atoms with Crippen LogP contribution in [-0.4, -0.2) is 81.2 Å². The number of aliphatic carboxylic acids is 1. The van der Waals surface area contributed by atoms with Gasteiger partial charge in [-0.05, 0) is 24.1 Å². The average molecular weight is 456 g/mol. The Labute approximate surface area is 192 Å². The number of anilines is 1. The van der Waals surface area contributed by atoms with Crippen molar-refractivity contribution in [1.82, 2.24) is 10.6 Å². The average Bonchev–Trinajstić information content (AvgIpc) is 2.71. The predicted octanol–water partition coefficient (Wildman–Crippen LogP) is 2.68. The Bertz CT molecular complexity index is 653. The number of hydrogen-bond acceptors (Lipinski definition) is 4. The molecule has 0 aliphatic rings. The summed E-state index contributed by atoms with van der Waals surface area (Å²) >= 11 is 5.79. The topological polar surface area (TPSA) is 81.7 Å².